The van der Waals surface area contributed by atoms with Gasteiger partial charge < -0.3 is 15.2 Å². The Morgan fingerprint density at radius 1 is 1.31 bits per heavy atom. The van der Waals surface area contributed by atoms with Crippen LogP contribution in [-0.4, -0.2) is 30.8 Å². The second kappa shape index (κ2) is 7.33. The fraction of sp³-hybridized carbons (Fsp3) is 0.583. The van der Waals surface area contributed by atoms with Gasteiger partial charge in [-0.1, -0.05) is 0 Å². The SMILES string of the molecule is CCOCCOC(c1ccncc1)C(C)N. The van der Waals surface area contributed by atoms with E-state index in [1.807, 2.05) is 26.0 Å². The number of hydrogen-bond donors (Lipinski definition) is 1. The fourth-order valence-corrected chi connectivity index (χ4v) is 1.48. The number of pyridine rings is 1. The van der Waals surface area contributed by atoms with Crippen molar-refractivity contribution >= 4 is 0 Å². The first kappa shape index (κ1) is 13.1. The monoisotopic (exact) mass is 224 g/mol. The number of nitrogens with zero attached hydrogens (tertiary/aromatic N) is 1. The first-order valence-corrected chi connectivity index (χ1v) is 5.60. The summed E-state index contributed by atoms with van der Waals surface area (Å²) < 4.78 is 10.9. The smallest absolute Gasteiger partial charge is 0.0975 e. The standard InChI is InChI=1S/C12H20N2O2/c1-3-15-8-9-16-12(10(2)13)11-4-6-14-7-5-11/h4-7,10,12H,3,8-9,13H2,1-2H3. The maximum Gasteiger partial charge on any atom is 0.0975 e. The van der Waals surface area contributed by atoms with Crippen molar-refractivity contribution in [3.8, 4) is 0 Å². The highest BCUT2D eigenvalue weighted by Crippen LogP contribution is 2.19. The lowest BCUT2D eigenvalue weighted by molar-refractivity contribution is -0.00245. The molecule has 0 fully saturated rings. The highest BCUT2D eigenvalue weighted by Gasteiger charge is 2.16. The first-order valence-electron chi connectivity index (χ1n) is 5.60. The highest BCUT2D eigenvalue weighted by atomic mass is 16.5. The minimum atomic E-state index is -0.0940. The van der Waals surface area contributed by atoms with E-state index >= 15 is 0 Å². The number of ether oxygens (including phenoxy) is 2. The third-order valence-corrected chi connectivity index (χ3v) is 2.24. The van der Waals surface area contributed by atoms with Crippen molar-refractivity contribution < 1.29 is 9.47 Å². The maximum atomic E-state index is 5.90. The molecule has 16 heavy (non-hydrogen) atoms. The summed E-state index contributed by atoms with van der Waals surface area (Å²) in [6, 6.07) is 3.80. The van der Waals surface area contributed by atoms with E-state index in [0.29, 0.717) is 19.8 Å². The average molecular weight is 224 g/mol. The second-order valence-electron chi connectivity index (χ2n) is 3.63. The van der Waals surface area contributed by atoms with Gasteiger partial charge in [0.15, 0.2) is 0 Å². The molecule has 2 unspecified atom stereocenters. The molecule has 0 aliphatic carbocycles. The maximum absolute atomic E-state index is 5.90. The number of nitrogens with two attached hydrogens (primary N) is 1. The summed E-state index contributed by atoms with van der Waals surface area (Å²) in [7, 11) is 0. The quantitative estimate of drug-likeness (QED) is 0.713. The number of rotatable bonds is 7. The molecule has 0 spiro atoms. The molecule has 0 aliphatic heterocycles. The zero-order chi connectivity index (χ0) is 11.8. The summed E-state index contributed by atoms with van der Waals surface area (Å²) in [4.78, 5) is 3.98. The third-order valence-electron chi connectivity index (χ3n) is 2.24. The third kappa shape index (κ3) is 4.26. The number of aromatic nitrogens is 1. The molecule has 0 amide bonds. The van der Waals surface area contributed by atoms with Crippen molar-refractivity contribution in [2.24, 2.45) is 5.73 Å². The van der Waals surface area contributed by atoms with E-state index in [9.17, 15) is 0 Å². The Morgan fingerprint density at radius 3 is 2.56 bits per heavy atom. The van der Waals surface area contributed by atoms with Crippen molar-refractivity contribution in [1.82, 2.24) is 4.98 Å². The van der Waals surface area contributed by atoms with Crippen molar-refractivity contribution in [2.75, 3.05) is 19.8 Å². The Morgan fingerprint density at radius 2 is 2.00 bits per heavy atom. The lowest BCUT2D eigenvalue weighted by atomic mass is 10.1. The molecule has 0 radical (unpaired) electrons. The van der Waals surface area contributed by atoms with Gasteiger partial charge >= 0.3 is 0 Å². The number of hydrogen-bond acceptors (Lipinski definition) is 4. The zero-order valence-corrected chi connectivity index (χ0v) is 9.93. The van der Waals surface area contributed by atoms with Crippen LogP contribution in [0.5, 0.6) is 0 Å². The van der Waals surface area contributed by atoms with Crippen LogP contribution in [0.1, 0.15) is 25.5 Å². The van der Waals surface area contributed by atoms with Crippen LogP contribution in [0.3, 0.4) is 0 Å². The molecule has 0 bridgehead atoms. The van der Waals surface area contributed by atoms with Gasteiger partial charge in [-0.25, -0.2) is 0 Å². The molecule has 1 aromatic rings. The predicted octanol–water partition coefficient (Wildman–Crippen LogP) is 1.52. The van der Waals surface area contributed by atoms with Crippen LogP contribution in [0.2, 0.25) is 0 Å². The molecule has 90 valence electrons. The predicted molar refractivity (Wildman–Crippen MR) is 63.1 cm³/mol. The van der Waals surface area contributed by atoms with Gasteiger partial charge in [0.2, 0.25) is 0 Å². The van der Waals surface area contributed by atoms with E-state index in [4.69, 9.17) is 15.2 Å². The van der Waals surface area contributed by atoms with Crippen molar-refractivity contribution in [1.29, 1.82) is 0 Å². The van der Waals surface area contributed by atoms with Gasteiger partial charge in [0.25, 0.3) is 0 Å². The molecule has 0 saturated heterocycles. The van der Waals surface area contributed by atoms with Crippen LogP contribution in [0.4, 0.5) is 0 Å². The van der Waals surface area contributed by atoms with Gasteiger partial charge in [-0.3, -0.25) is 4.98 Å². The minimum Gasteiger partial charge on any atom is -0.379 e. The van der Waals surface area contributed by atoms with Gasteiger partial charge in [-0.05, 0) is 31.5 Å². The fourth-order valence-electron chi connectivity index (χ4n) is 1.48. The Hall–Kier alpha value is -0.970. The van der Waals surface area contributed by atoms with Gasteiger partial charge in [0.1, 0.15) is 0 Å². The normalized spacial score (nSPS) is 14.7. The Labute approximate surface area is 96.8 Å². The summed E-state index contributed by atoms with van der Waals surface area (Å²) in [5, 5.41) is 0. The van der Waals surface area contributed by atoms with E-state index in [2.05, 4.69) is 4.98 Å². The second-order valence-corrected chi connectivity index (χ2v) is 3.63. The lowest BCUT2D eigenvalue weighted by Crippen LogP contribution is -2.28. The minimum absolute atomic E-state index is 0.0518. The van der Waals surface area contributed by atoms with Crippen LogP contribution in [-0.2, 0) is 9.47 Å². The van der Waals surface area contributed by atoms with E-state index < -0.39 is 0 Å². The molecule has 0 aromatic carbocycles. The topological polar surface area (TPSA) is 57.4 Å². The Balaban J connectivity index is 2.49. The average Bonchev–Trinajstić information content (AvgIpc) is 2.30. The molecule has 2 atom stereocenters. The molecule has 1 aromatic heterocycles. The molecular formula is C12H20N2O2. The van der Waals surface area contributed by atoms with Crippen LogP contribution in [0.25, 0.3) is 0 Å². The van der Waals surface area contributed by atoms with Crippen molar-refractivity contribution in [3.63, 3.8) is 0 Å². The van der Waals surface area contributed by atoms with Gasteiger partial charge in [0.05, 0.1) is 19.3 Å². The highest BCUT2D eigenvalue weighted by molar-refractivity contribution is 5.14. The molecule has 1 heterocycles. The summed E-state index contributed by atoms with van der Waals surface area (Å²) in [6.07, 6.45) is 3.40. The molecule has 2 N–H and O–H groups in total. The van der Waals surface area contributed by atoms with Crippen LogP contribution in [0, 0.1) is 0 Å². The summed E-state index contributed by atoms with van der Waals surface area (Å²) in [5.41, 5.74) is 6.95. The first-order chi connectivity index (χ1) is 7.75. The molecule has 0 aliphatic rings. The van der Waals surface area contributed by atoms with E-state index in [-0.39, 0.29) is 12.1 Å². The van der Waals surface area contributed by atoms with Crippen LogP contribution in [0.15, 0.2) is 24.5 Å². The summed E-state index contributed by atoms with van der Waals surface area (Å²) in [5.74, 6) is 0. The van der Waals surface area contributed by atoms with Gasteiger partial charge in [-0.15, -0.1) is 0 Å². The Kier molecular flexibility index (Phi) is 6.00. The lowest BCUT2D eigenvalue weighted by Gasteiger charge is -2.21. The summed E-state index contributed by atoms with van der Waals surface area (Å²) in [6.45, 7) is 5.77. The van der Waals surface area contributed by atoms with E-state index in [0.717, 1.165) is 5.56 Å². The van der Waals surface area contributed by atoms with Crippen LogP contribution < -0.4 is 5.73 Å². The van der Waals surface area contributed by atoms with Crippen molar-refractivity contribution in [3.05, 3.63) is 30.1 Å². The van der Waals surface area contributed by atoms with Crippen molar-refractivity contribution in [2.45, 2.75) is 26.0 Å². The molecular weight excluding hydrogens is 204 g/mol. The van der Waals surface area contributed by atoms with E-state index in [1.54, 1.807) is 12.4 Å². The van der Waals surface area contributed by atoms with Gasteiger partial charge in [0, 0.05) is 25.0 Å². The molecule has 4 heteroatoms. The van der Waals surface area contributed by atoms with Gasteiger partial charge in [-0.2, -0.15) is 0 Å². The van der Waals surface area contributed by atoms with E-state index in [1.165, 1.54) is 0 Å². The summed E-state index contributed by atoms with van der Waals surface area (Å²) >= 11 is 0. The Bertz CT molecular complexity index is 278. The molecule has 4 nitrogen and oxygen atoms in total. The van der Waals surface area contributed by atoms with Crippen LogP contribution >= 0.6 is 0 Å². The largest absolute Gasteiger partial charge is 0.379 e. The molecule has 0 saturated carbocycles. The molecule has 1 rings (SSSR count). The zero-order valence-electron chi connectivity index (χ0n) is 9.93.